The summed E-state index contributed by atoms with van der Waals surface area (Å²) >= 11 is 0. The van der Waals surface area contributed by atoms with Gasteiger partial charge in [-0.15, -0.1) is 0 Å². The molecule has 6 nitrogen and oxygen atoms in total. The van der Waals surface area contributed by atoms with Crippen LogP contribution in [0.5, 0.6) is 0 Å². The van der Waals surface area contributed by atoms with Crippen LogP contribution >= 0.6 is 0 Å². The van der Waals surface area contributed by atoms with Gasteiger partial charge in [-0.3, -0.25) is 27.4 Å². The summed E-state index contributed by atoms with van der Waals surface area (Å²) in [5.41, 5.74) is 24.0. The monoisotopic (exact) mass is 1150 g/mol. The van der Waals surface area contributed by atoms with Crippen LogP contribution in [0, 0.1) is 0 Å². The lowest BCUT2D eigenvalue weighted by molar-refractivity contribution is 1.07. The van der Waals surface area contributed by atoms with Crippen molar-refractivity contribution in [3.8, 4) is 67.5 Å². The Hall–Kier alpha value is -12.1. The van der Waals surface area contributed by atoms with Gasteiger partial charge in [0.1, 0.15) is 16.9 Å². The zero-order valence-electron chi connectivity index (χ0n) is 48.9. The highest BCUT2D eigenvalue weighted by atomic mass is 15.2. The van der Waals surface area contributed by atoms with Gasteiger partial charge in [0.2, 0.25) is 0 Å². The van der Waals surface area contributed by atoms with E-state index in [0.29, 0.717) is 0 Å². The van der Waals surface area contributed by atoms with Crippen LogP contribution in [0.25, 0.3) is 166 Å². The Bertz CT molecular complexity index is 5430. The summed E-state index contributed by atoms with van der Waals surface area (Å²) in [6.07, 6.45) is 0. The number of hydrogen-bond donors (Lipinski definition) is 0. The Morgan fingerprint density at radius 1 is 0.144 bits per heavy atom. The molecule has 0 aliphatic heterocycles. The summed E-state index contributed by atoms with van der Waals surface area (Å²) in [4.78, 5) is 0. The molecule has 0 amide bonds. The molecule has 0 unspecified atom stereocenters. The maximum Gasteiger partial charge on any atom is 0.131 e. The molecule has 0 N–H and O–H groups in total. The summed E-state index contributed by atoms with van der Waals surface area (Å²) < 4.78 is 14.6. The molecule has 420 valence electrons. The predicted octanol–water partition coefficient (Wildman–Crippen LogP) is 21.8. The van der Waals surface area contributed by atoms with Crippen molar-refractivity contribution in [2.45, 2.75) is 0 Å². The number of rotatable bonds is 9. The molecular formula is C84H54N6. The molecule has 19 rings (SSSR count). The average molecular weight is 1150 g/mol. The van der Waals surface area contributed by atoms with Crippen LogP contribution in [-0.2, 0) is 0 Å². The highest BCUT2D eigenvalue weighted by Crippen LogP contribution is 2.45. The molecule has 0 radical (unpaired) electrons. The summed E-state index contributed by atoms with van der Waals surface area (Å²) in [6.45, 7) is 0. The first-order chi connectivity index (χ1) is 44.7. The van der Waals surface area contributed by atoms with Gasteiger partial charge in [0.15, 0.2) is 0 Å². The van der Waals surface area contributed by atoms with E-state index in [0.717, 1.165) is 84.4 Å². The molecule has 6 heterocycles. The molecule has 0 bridgehead atoms. The number of fused-ring (bicyclic) bond motifs is 15. The fourth-order valence-corrected chi connectivity index (χ4v) is 14.9. The van der Waals surface area contributed by atoms with Crippen molar-refractivity contribution >= 4 is 98.5 Å². The number of benzene rings is 13. The number of aromatic nitrogens is 6. The fourth-order valence-electron chi connectivity index (χ4n) is 14.9. The van der Waals surface area contributed by atoms with Gasteiger partial charge in [0, 0.05) is 82.6 Å². The van der Waals surface area contributed by atoms with Crippen LogP contribution in [0.4, 0.5) is 0 Å². The fraction of sp³-hybridized carbons (Fsp3) is 0. The first-order valence-corrected chi connectivity index (χ1v) is 30.9. The van der Waals surface area contributed by atoms with Crippen molar-refractivity contribution in [2.75, 3.05) is 0 Å². The molecule has 0 aliphatic rings. The molecule has 0 aliphatic carbocycles. The zero-order valence-corrected chi connectivity index (χ0v) is 48.9. The van der Waals surface area contributed by atoms with E-state index in [1.165, 1.54) is 81.6 Å². The zero-order chi connectivity index (χ0) is 59.0. The molecule has 13 aromatic carbocycles. The van der Waals surface area contributed by atoms with E-state index in [4.69, 9.17) is 0 Å². The number of hydrogen-bond acceptors (Lipinski definition) is 0. The Kier molecular flexibility index (Phi) is 11.0. The van der Waals surface area contributed by atoms with Crippen LogP contribution in [0.1, 0.15) is 0 Å². The lowest BCUT2D eigenvalue weighted by atomic mass is 9.93. The van der Waals surface area contributed by atoms with E-state index < -0.39 is 0 Å². The highest BCUT2D eigenvalue weighted by Gasteiger charge is 2.26. The normalized spacial score (nSPS) is 12.0. The quantitative estimate of drug-likeness (QED) is 0.138. The van der Waals surface area contributed by atoms with Crippen molar-refractivity contribution < 1.29 is 0 Å². The Labute approximate surface area is 518 Å². The van der Waals surface area contributed by atoms with E-state index in [9.17, 15) is 0 Å². The predicted molar refractivity (Wildman–Crippen MR) is 376 cm³/mol. The third-order valence-corrected chi connectivity index (χ3v) is 18.8. The van der Waals surface area contributed by atoms with Gasteiger partial charge >= 0.3 is 0 Å². The summed E-state index contributed by atoms with van der Waals surface area (Å²) in [6, 6.07) is 120. The second-order valence-corrected chi connectivity index (χ2v) is 23.7. The third-order valence-electron chi connectivity index (χ3n) is 18.8. The van der Waals surface area contributed by atoms with E-state index in [1.807, 2.05) is 0 Å². The molecule has 6 heteroatoms. The maximum absolute atomic E-state index is 2.45. The molecule has 0 fully saturated rings. The Balaban J connectivity index is 0.782. The second kappa shape index (κ2) is 19.7. The summed E-state index contributed by atoms with van der Waals surface area (Å²) in [7, 11) is 0. The molecule has 0 saturated carbocycles. The van der Waals surface area contributed by atoms with Crippen molar-refractivity contribution in [3.05, 3.63) is 328 Å². The maximum atomic E-state index is 2.45. The van der Waals surface area contributed by atoms with E-state index in [-0.39, 0.29) is 0 Å². The first kappa shape index (κ1) is 50.1. The minimum Gasteiger partial charge on any atom is -0.295 e. The molecular weight excluding hydrogens is 1090 g/mol. The van der Waals surface area contributed by atoms with E-state index in [1.54, 1.807) is 0 Å². The minimum atomic E-state index is 1.10. The average Bonchev–Trinajstić information content (AvgIpc) is 1.58. The smallest absolute Gasteiger partial charge is 0.131 e. The lowest BCUT2D eigenvalue weighted by Crippen LogP contribution is -2.01. The first-order valence-electron chi connectivity index (χ1n) is 30.9. The van der Waals surface area contributed by atoms with Crippen molar-refractivity contribution in [3.63, 3.8) is 0 Å². The van der Waals surface area contributed by atoms with E-state index in [2.05, 4.69) is 355 Å². The number of nitrogens with zero attached hydrogens (tertiary/aromatic N) is 6. The molecule has 19 aromatic rings. The van der Waals surface area contributed by atoms with Crippen molar-refractivity contribution in [1.82, 2.24) is 27.4 Å². The second-order valence-electron chi connectivity index (χ2n) is 23.7. The molecule has 6 aromatic heterocycles. The lowest BCUT2D eigenvalue weighted by Gasteiger charge is -2.16. The van der Waals surface area contributed by atoms with Crippen LogP contribution in [-0.4, -0.2) is 27.4 Å². The van der Waals surface area contributed by atoms with Gasteiger partial charge in [-0.05, 0) is 161 Å². The number of para-hydroxylation sites is 9. The van der Waals surface area contributed by atoms with Gasteiger partial charge in [0.05, 0.1) is 33.1 Å². The minimum absolute atomic E-state index is 1.10. The van der Waals surface area contributed by atoms with Gasteiger partial charge in [-0.1, -0.05) is 200 Å². The SMILES string of the molecule is c1ccc(-n2c3ccccc3c3c4ccccc4n(-c4ccc(-c5cc(-c6ccc(-n7c8ccccc8c8c9ccccc9n(-c9ccccc9)c87)cc6)cc(-c6ccc(-n7c8ccccc8c8c9ccccc9n(-c9ccccc9)c87)cc6)c5)cc4)c32)cc1. The summed E-state index contributed by atoms with van der Waals surface area (Å²) in [5, 5.41) is 11.2. The van der Waals surface area contributed by atoms with E-state index >= 15 is 0 Å². The van der Waals surface area contributed by atoms with Crippen molar-refractivity contribution in [2.24, 2.45) is 0 Å². The Morgan fingerprint density at radius 2 is 0.322 bits per heavy atom. The van der Waals surface area contributed by atoms with Gasteiger partial charge < -0.3 is 0 Å². The standard InChI is InChI=1S/C84H54N6/c1-4-22-61(23-5-1)85-73-34-16-10-28-67(73)79-70-31-13-19-37-76(70)88(82(79)85)64-46-40-55(41-47-64)58-52-59(56-42-48-65(49-43-56)89-77-38-20-14-32-71(77)80-68-29-11-17-35-74(68)86(83(80)89)62-24-6-2-7-25-62)54-60(53-58)57-44-50-66(51-45-57)90-78-39-21-15-33-72(78)81-69-30-12-18-36-75(69)87(84(81)90)63-26-8-3-9-27-63/h1-54H. The van der Waals surface area contributed by atoms with Crippen LogP contribution < -0.4 is 0 Å². The van der Waals surface area contributed by atoms with Crippen LogP contribution in [0.3, 0.4) is 0 Å². The van der Waals surface area contributed by atoms with Crippen LogP contribution in [0.15, 0.2) is 328 Å². The molecule has 90 heavy (non-hydrogen) atoms. The molecule has 0 saturated heterocycles. The molecule has 0 spiro atoms. The third kappa shape index (κ3) is 7.39. The summed E-state index contributed by atoms with van der Waals surface area (Å²) in [5.74, 6) is 0. The largest absolute Gasteiger partial charge is 0.295 e. The van der Waals surface area contributed by atoms with Gasteiger partial charge in [0.25, 0.3) is 0 Å². The highest BCUT2D eigenvalue weighted by molar-refractivity contribution is 6.25. The van der Waals surface area contributed by atoms with Crippen LogP contribution in [0.2, 0.25) is 0 Å². The van der Waals surface area contributed by atoms with Crippen molar-refractivity contribution in [1.29, 1.82) is 0 Å². The topological polar surface area (TPSA) is 29.6 Å². The van der Waals surface area contributed by atoms with Gasteiger partial charge in [-0.25, -0.2) is 0 Å². The Morgan fingerprint density at radius 3 is 0.533 bits per heavy atom. The molecule has 0 atom stereocenters. The van der Waals surface area contributed by atoms with Gasteiger partial charge in [-0.2, -0.15) is 0 Å².